The molecule has 0 saturated heterocycles. The predicted molar refractivity (Wildman–Crippen MR) is 89.2 cm³/mol. The smallest absolute Gasteiger partial charge is 0.314 e. The Labute approximate surface area is 147 Å². The predicted octanol–water partition coefficient (Wildman–Crippen LogP) is 1.83. The zero-order chi connectivity index (χ0) is 18.1. The fourth-order valence-corrected chi connectivity index (χ4v) is 3.92. The van der Waals surface area contributed by atoms with Gasteiger partial charge in [0.15, 0.2) is 5.78 Å². The molecule has 4 unspecified atom stereocenters. The molecule has 1 saturated carbocycles. The number of carboxylic acid groups (broad SMARTS) is 2. The average Bonchev–Trinajstić information content (AvgIpc) is 2.45. The number of rotatable bonds is 5. The minimum Gasteiger partial charge on any atom is -0.481 e. The lowest BCUT2D eigenvalue weighted by Gasteiger charge is -2.42. The highest BCUT2D eigenvalue weighted by Crippen LogP contribution is 2.45. The first kappa shape index (κ1) is 18.6. The SMILES string of the molecule is CC1(O)CC(=O)C(C(=O)O)C(c2ccc(CCBr)cc2)C1C(=O)O. The number of carboxylic acids is 2. The van der Waals surface area contributed by atoms with Gasteiger partial charge in [-0.15, -0.1) is 0 Å². The third-order valence-electron chi connectivity index (χ3n) is 4.55. The molecule has 0 heterocycles. The van der Waals surface area contributed by atoms with Gasteiger partial charge >= 0.3 is 11.9 Å². The van der Waals surface area contributed by atoms with Crippen LogP contribution in [0.2, 0.25) is 0 Å². The minimum atomic E-state index is -1.80. The first-order valence-corrected chi connectivity index (χ1v) is 8.66. The number of Topliss-reactive ketones (excluding diaryl/α,β-unsaturated/α-hetero) is 1. The molecule has 0 amide bonds. The number of carbonyl (C=O) groups is 3. The summed E-state index contributed by atoms with van der Waals surface area (Å²) in [7, 11) is 0. The number of hydrogen-bond acceptors (Lipinski definition) is 4. The summed E-state index contributed by atoms with van der Waals surface area (Å²) in [6.45, 7) is 1.27. The zero-order valence-corrected chi connectivity index (χ0v) is 14.7. The fourth-order valence-electron chi connectivity index (χ4n) is 3.46. The molecule has 6 nitrogen and oxygen atoms in total. The highest BCUT2D eigenvalue weighted by atomic mass is 79.9. The van der Waals surface area contributed by atoms with E-state index in [1.807, 2.05) is 0 Å². The van der Waals surface area contributed by atoms with Crippen LogP contribution in [-0.2, 0) is 20.8 Å². The lowest BCUT2D eigenvalue weighted by molar-refractivity contribution is -0.167. The molecule has 1 aromatic rings. The molecule has 130 valence electrons. The first-order chi connectivity index (χ1) is 11.2. The van der Waals surface area contributed by atoms with E-state index < -0.39 is 47.5 Å². The molecule has 0 bridgehead atoms. The molecule has 0 radical (unpaired) electrons. The van der Waals surface area contributed by atoms with Crippen LogP contribution in [0.25, 0.3) is 0 Å². The van der Waals surface area contributed by atoms with Crippen molar-refractivity contribution in [3.8, 4) is 0 Å². The van der Waals surface area contributed by atoms with Gasteiger partial charge in [-0.05, 0) is 24.5 Å². The van der Waals surface area contributed by atoms with Crippen LogP contribution in [-0.4, -0.2) is 44.0 Å². The number of benzene rings is 1. The van der Waals surface area contributed by atoms with E-state index in [1.54, 1.807) is 24.3 Å². The van der Waals surface area contributed by atoms with Crippen LogP contribution in [0.5, 0.6) is 0 Å². The van der Waals surface area contributed by atoms with E-state index in [-0.39, 0.29) is 0 Å². The highest BCUT2D eigenvalue weighted by Gasteiger charge is 2.56. The largest absolute Gasteiger partial charge is 0.481 e. The molecular weight excluding hydrogens is 380 g/mol. The number of alkyl halides is 1. The van der Waals surface area contributed by atoms with Gasteiger partial charge in [-0.2, -0.15) is 0 Å². The Bertz CT molecular complexity index is 652. The number of aryl methyl sites for hydroxylation is 1. The van der Waals surface area contributed by atoms with Gasteiger partial charge in [-0.3, -0.25) is 14.4 Å². The quantitative estimate of drug-likeness (QED) is 0.515. The zero-order valence-electron chi connectivity index (χ0n) is 13.1. The molecule has 0 aromatic heterocycles. The van der Waals surface area contributed by atoms with Crippen molar-refractivity contribution in [2.24, 2.45) is 11.8 Å². The molecule has 4 atom stereocenters. The Morgan fingerprint density at radius 3 is 2.25 bits per heavy atom. The van der Waals surface area contributed by atoms with Crippen LogP contribution in [0, 0.1) is 11.8 Å². The van der Waals surface area contributed by atoms with Crippen LogP contribution >= 0.6 is 15.9 Å². The monoisotopic (exact) mass is 398 g/mol. The number of carbonyl (C=O) groups excluding carboxylic acids is 1. The van der Waals surface area contributed by atoms with Gasteiger partial charge in [0.05, 0.1) is 11.5 Å². The van der Waals surface area contributed by atoms with Crippen molar-refractivity contribution >= 4 is 33.7 Å². The van der Waals surface area contributed by atoms with Crippen LogP contribution in [0.3, 0.4) is 0 Å². The molecule has 0 spiro atoms. The van der Waals surface area contributed by atoms with E-state index >= 15 is 0 Å². The van der Waals surface area contributed by atoms with Crippen molar-refractivity contribution in [3.05, 3.63) is 35.4 Å². The Balaban J connectivity index is 2.53. The van der Waals surface area contributed by atoms with E-state index in [2.05, 4.69) is 15.9 Å². The van der Waals surface area contributed by atoms with Crippen molar-refractivity contribution in [2.45, 2.75) is 31.3 Å². The third kappa shape index (κ3) is 3.52. The Morgan fingerprint density at radius 2 is 1.79 bits per heavy atom. The number of ketones is 1. The van der Waals surface area contributed by atoms with Gasteiger partial charge in [0.1, 0.15) is 5.92 Å². The molecular formula is C17H19BrO6. The molecule has 2 rings (SSSR count). The summed E-state index contributed by atoms with van der Waals surface area (Å²) in [4.78, 5) is 35.6. The molecule has 7 heteroatoms. The summed E-state index contributed by atoms with van der Waals surface area (Å²) in [5, 5.41) is 30.2. The van der Waals surface area contributed by atoms with Gasteiger partial charge in [0, 0.05) is 17.7 Å². The van der Waals surface area contributed by atoms with Gasteiger partial charge < -0.3 is 15.3 Å². The molecule has 1 aliphatic rings. The Morgan fingerprint density at radius 1 is 1.21 bits per heavy atom. The second-order valence-corrected chi connectivity index (χ2v) is 7.13. The second kappa shape index (κ2) is 7.03. The van der Waals surface area contributed by atoms with Crippen LogP contribution in [0.1, 0.15) is 30.4 Å². The number of aliphatic hydroxyl groups is 1. The molecule has 0 aliphatic heterocycles. The number of halogens is 1. The third-order valence-corrected chi connectivity index (χ3v) is 4.94. The molecule has 24 heavy (non-hydrogen) atoms. The summed E-state index contributed by atoms with van der Waals surface area (Å²) in [6.07, 6.45) is 0.283. The second-order valence-electron chi connectivity index (χ2n) is 6.34. The minimum absolute atomic E-state index is 0.432. The van der Waals surface area contributed by atoms with E-state index in [1.165, 1.54) is 6.92 Å². The first-order valence-electron chi connectivity index (χ1n) is 7.54. The fraction of sp³-hybridized carbons (Fsp3) is 0.471. The number of hydrogen-bond donors (Lipinski definition) is 3. The lowest BCUT2D eigenvalue weighted by atomic mass is 9.62. The standard InChI is InChI=1S/C17H19BrO6/c1-17(24)8-11(19)13(15(20)21)12(14(17)16(22)23)10-4-2-9(3-5-10)6-7-18/h2-5,12-14,24H,6-8H2,1H3,(H,20,21)(H,22,23). The van der Waals surface area contributed by atoms with Gasteiger partial charge in [-0.1, -0.05) is 40.2 Å². The summed E-state index contributed by atoms with van der Waals surface area (Å²) in [5.74, 6) is -7.30. The summed E-state index contributed by atoms with van der Waals surface area (Å²) >= 11 is 3.33. The van der Waals surface area contributed by atoms with E-state index in [0.29, 0.717) is 5.56 Å². The van der Waals surface area contributed by atoms with Gasteiger partial charge in [0.25, 0.3) is 0 Å². The molecule has 1 fully saturated rings. The van der Waals surface area contributed by atoms with Crippen molar-refractivity contribution in [2.75, 3.05) is 5.33 Å². The van der Waals surface area contributed by atoms with Gasteiger partial charge in [0.2, 0.25) is 0 Å². The average molecular weight is 399 g/mol. The Hall–Kier alpha value is -1.73. The van der Waals surface area contributed by atoms with E-state index in [4.69, 9.17) is 0 Å². The topological polar surface area (TPSA) is 112 Å². The number of aliphatic carboxylic acids is 2. The molecule has 3 N–H and O–H groups in total. The Kier molecular flexibility index (Phi) is 5.45. The summed E-state index contributed by atoms with van der Waals surface area (Å²) in [5.41, 5.74) is -0.363. The summed E-state index contributed by atoms with van der Waals surface area (Å²) < 4.78 is 0. The summed E-state index contributed by atoms with van der Waals surface area (Å²) in [6, 6.07) is 6.84. The normalized spacial score (nSPS) is 30.1. The maximum Gasteiger partial charge on any atom is 0.314 e. The van der Waals surface area contributed by atoms with Crippen molar-refractivity contribution < 1.29 is 29.7 Å². The van der Waals surface area contributed by atoms with Crippen LogP contribution in [0.15, 0.2) is 24.3 Å². The van der Waals surface area contributed by atoms with E-state index in [9.17, 15) is 29.7 Å². The van der Waals surface area contributed by atoms with Crippen molar-refractivity contribution in [3.63, 3.8) is 0 Å². The maximum atomic E-state index is 12.2. The highest BCUT2D eigenvalue weighted by molar-refractivity contribution is 9.09. The van der Waals surface area contributed by atoms with Gasteiger partial charge in [-0.25, -0.2) is 0 Å². The lowest BCUT2D eigenvalue weighted by Crippen LogP contribution is -2.54. The molecule has 1 aliphatic carbocycles. The van der Waals surface area contributed by atoms with E-state index in [0.717, 1.165) is 17.3 Å². The van der Waals surface area contributed by atoms with Crippen LogP contribution < -0.4 is 0 Å². The van der Waals surface area contributed by atoms with Crippen molar-refractivity contribution in [1.29, 1.82) is 0 Å². The van der Waals surface area contributed by atoms with Crippen LogP contribution in [0.4, 0.5) is 0 Å². The molecule has 1 aromatic carbocycles. The maximum absolute atomic E-state index is 12.2. The van der Waals surface area contributed by atoms with Crippen molar-refractivity contribution in [1.82, 2.24) is 0 Å².